The van der Waals surface area contributed by atoms with E-state index in [1.54, 1.807) is 11.3 Å². The largest absolute Gasteiger partial charge is 0.272 e. The molecule has 4 nitrogen and oxygen atoms in total. The lowest BCUT2D eigenvalue weighted by molar-refractivity contribution is 0.578. The Morgan fingerprint density at radius 2 is 1.96 bits per heavy atom. The first-order valence-corrected chi connectivity index (χ1v) is 9.14. The number of rotatable bonds is 2. The zero-order chi connectivity index (χ0) is 16.8. The van der Waals surface area contributed by atoms with E-state index in [2.05, 4.69) is 45.5 Å². The molecular weight excluding hydrogens is 330 g/mol. The van der Waals surface area contributed by atoms with Gasteiger partial charge in [-0.2, -0.15) is 5.10 Å². The molecule has 2 atom stereocenters. The molecule has 0 amide bonds. The molecule has 0 bridgehead atoms. The highest BCUT2D eigenvalue weighted by Gasteiger charge is 2.35. The molecule has 0 spiro atoms. The molecule has 5 heteroatoms. The van der Waals surface area contributed by atoms with Gasteiger partial charge in [0.25, 0.3) is 5.56 Å². The summed E-state index contributed by atoms with van der Waals surface area (Å²) in [5.74, 6) is 0.377. The summed E-state index contributed by atoms with van der Waals surface area (Å²) < 4.78 is 0. The summed E-state index contributed by atoms with van der Waals surface area (Å²) >= 11 is 1.65. The average Bonchev–Trinajstić information content (AvgIpc) is 3.19. The molecule has 2 aromatic carbocycles. The molecule has 1 N–H and O–H groups in total. The molecule has 5 rings (SSSR count). The minimum Gasteiger partial charge on any atom is -0.267 e. The van der Waals surface area contributed by atoms with E-state index in [0.717, 1.165) is 22.9 Å². The predicted molar refractivity (Wildman–Crippen MR) is 99.2 cm³/mol. The van der Waals surface area contributed by atoms with Crippen LogP contribution < -0.4 is 5.56 Å². The Morgan fingerprint density at radius 3 is 2.76 bits per heavy atom. The molecule has 2 aromatic heterocycles. The lowest BCUT2D eigenvalue weighted by Crippen LogP contribution is -2.24. The van der Waals surface area contributed by atoms with Gasteiger partial charge in [-0.25, -0.2) is 5.10 Å². The molecule has 0 saturated heterocycles. The second-order valence-corrected chi connectivity index (χ2v) is 7.30. The Kier molecular flexibility index (Phi) is 3.28. The van der Waals surface area contributed by atoms with Crippen LogP contribution >= 0.6 is 11.3 Å². The number of thiazole rings is 1. The van der Waals surface area contributed by atoms with Gasteiger partial charge in [0.1, 0.15) is 0 Å². The predicted octanol–water partition coefficient (Wildman–Crippen LogP) is 3.85. The van der Waals surface area contributed by atoms with Crippen molar-refractivity contribution in [3.8, 4) is 0 Å². The number of benzene rings is 2. The summed E-state index contributed by atoms with van der Waals surface area (Å²) in [6.07, 6.45) is 2.82. The second kappa shape index (κ2) is 5.63. The number of hydrogen-bond donors (Lipinski definition) is 1. The number of aromatic nitrogens is 3. The molecular formula is C20H15N3OS. The summed E-state index contributed by atoms with van der Waals surface area (Å²) in [4.78, 5) is 17.7. The molecule has 2 heterocycles. The van der Waals surface area contributed by atoms with Gasteiger partial charge in [0.05, 0.1) is 16.6 Å². The zero-order valence-electron chi connectivity index (χ0n) is 13.3. The summed E-state index contributed by atoms with van der Waals surface area (Å²) in [6, 6.07) is 16.5. The van der Waals surface area contributed by atoms with Crippen LogP contribution in [-0.4, -0.2) is 15.2 Å². The lowest BCUT2D eigenvalue weighted by Gasteiger charge is -2.32. The van der Waals surface area contributed by atoms with Crippen molar-refractivity contribution in [3.05, 3.63) is 92.3 Å². The number of nitrogens with one attached hydrogen (secondary N) is 1. The van der Waals surface area contributed by atoms with Crippen LogP contribution in [0.3, 0.4) is 0 Å². The highest BCUT2D eigenvalue weighted by atomic mass is 32.1. The second-order valence-electron chi connectivity index (χ2n) is 6.38. The van der Waals surface area contributed by atoms with E-state index in [0.29, 0.717) is 0 Å². The topological polar surface area (TPSA) is 58.6 Å². The Labute approximate surface area is 148 Å². The van der Waals surface area contributed by atoms with E-state index in [9.17, 15) is 4.79 Å². The highest BCUT2D eigenvalue weighted by molar-refractivity contribution is 7.09. The maximum absolute atomic E-state index is 12.2. The molecule has 0 aliphatic heterocycles. The Hall–Kier alpha value is -2.79. The normalized spacial score (nSPS) is 19.2. The van der Waals surface area contributed by atoms with Crippen LogP contribution in [0.2, 0.25) is 0 Å². The number of nitrogens with zero attached hydrogens (tertiary/aromatic N) is 2. The molecule has 0 radical (unpaired) electrons. The third-order valence-electron chi connectivity index (χ3n) is 5.05. The van der Waals surface area contributed by atoms with Crippen molar-refractivity contribution in [1.29, 1.82) is 0 Å². The molecule has 2 unspecified atom stereocenters. The van der Waals surface area contributed by atoms with Crippen LogP contribution in [0.4, 0.5) is 0 Å². The summed E-state index contributed by atoms with van der Waals surface area (Å²) in [5.41, 5.74) is 5.18. The first-order chi connectivity index (χ1) is 12.3. The van der Waals surface area contributed by atoms with Crippen molar-refractivity contribution in [2.75, 3.05) is 0 Å². The molecule has 0 saturated carbocycles. The fourth-order valence-corrected chi connectivity index (χ4v) is 4.77. The van der Waals surface area contributed by atoms with Gasteiger partial charge >= 0.3 is 0 Å². The van der Waals surface area contributed by atoms with Gasteiger partial charge in [-0.05, 0) is 23.6 Å². The van der Waals surface area contributed by atoms with Crippen LogP contribution in [0, 0.1) is 0 Å². The van der Waals surface area contributed by atoms with Crippen molar-refractivity contribution in [2.24, 2.45) is 0 Å². The highest BCUT2D eigenvalue weighted by Crippen LogP contribution is 2.47. The standard InChI is InChI=1S/C20H15N3OS/c24-20-14-8-4-7-13-9-15(12-5-2-1-3-6-12)18(16-10-21-11-25-16)19(17(13)14)22-23-20/h1-8,10-11,15,18H,9H2,(H,23,24). The van der Waals surface area contributed by atoms with Crippen molar-refractivity contribution in [2.45, 2.75) is 18.3 Å². The minimum atomic E-state index is -0.123. The van der Waals surface area contributed by atoms with Gasteiger partial charge in [-0.3, -0.25) is 9.78 Å². The lowest BCUT2D eigenvalue weighted by atomic mass is 9.73. The minimum absolute atomic E-state index is 0.101. The van der Waals surface area contributed by atoms with Gasteiger partial charge in [0.2, 0.25) is 0 Å². The third-order valence-corrected chi connectivity index (χ3v) is 5.91. The number of hydrogen-bond acceptors (Lipinski definition) is 4. The Balaban J connectivity index is 1.82. The van der Waals surface area contributed by atoms with E-state index >= 15 is 0 Å². The molecule has 1 aliphatic carbocycles. The quantitative estimate of drug-likeness (QED) is 0.600. The van der Waals surface area contributed by atoms with Gasteiger partial charge in [0.15, 0.2) is 0 Å². The summed E-state index contributed by atoms with van der Waals surface area (Å²) in [6.45, 7) is 0. The maximum atomic E-state index is 12.2. The van der Waals surface area contributed by atoms with Crippen molar-refractivity contribution < 1.29 is 0 Å². The van der Waals surface area contributed by atoms with Crippen LogP contribution in [0.25, 0.3) is 10.8 Å². The maximum Gasteiger partial charge on any atom is 0.272 e. The molecule has 4 aromatic rings. The number of aromatic amines is 1. The van der Waals surface area contributed by atoms with Crippen LogP contribution in [0.1, 0.15) is 33.5 Å². The van der Waals surface area contributed by atoms with Crippen molar-refractivity contribution in [1.82, 2.24) is 15.2 Å². The molecule has 0 fully saturated rings. The molecule has 122 valence electrons. The fraction of sp³-hybridized carbons (Fsp3) is 0.150. The summed E-state index contributed by atoms with van der Waals surface area (Å²) in [5, 5.41) is 8.93. The third kappa shape index (κ3) is 2.23. The van der Waals surface area contributed by atoms with Crippen LogP contribution in [-0.2, 0) is 6.42 Å². The van der Waals surface area contributed by atoms with Crippen LogP contribution in [0.15, 0.2) is 65.0 Å². The smallest absolute Gasteiger partial charge is 0.267 e. The van der Waals surface area contributed by atoms with Crippen LogP contribution in [0.5, 0.6) is 0 Å². The number of H-pyrrole nitrogens is 1. The summed E-state index contributed by atoms with van der Waals surface area (Å²) in [7, 11) is 0. The monoisotopic (exact) mass is 345 g/mol. The van der Waals surface area contributed by atoms with E-state index in [-0.39, 0.29) is 17.4 Å². The van der Waals surface area contributed by atoms with Crippen molar-refractivity contribution >= 4 is 22.1 Å². The van der Waals surface area contributed by atoms with Gasteiger partial charge in [0, 0.05) is 28.3 Å². The fourth-order valence-electron chi connectivity index (χ4n) is 3.98. The van der Waals surface area contributed by atoms with E-state index < -0.39 is 0 Å². The molecule has 1 aliphatic rings. The van der Waals surface area contributed by atoms with E-state index in [1.165, 1.54) is 16.0 Å². The van der Waals surface area contributed by atoms with Gasteiger partial charge in [-0.1, -0.05) is 42.5 Å². The zero-order valence-corrected chi connectivity index (χ0v) is 14.2. The van der Waals surface area contributed by atoms with Gasteiger partial charge < -0.3 is 0 Å². The molecule has 25 heavy (non-hydrogen) atoms. The first-order valence-electron chi connectivity index (χ1n) is 8.26. The van der Waals surface area contributed by atoms with Gasteiger partial charge in [-0.15, -0.1) is 11.3 Å². The SMILES string of the molecule is O=c1[nH]nc2c3c(cccc13)CC(c1ccccc1)C2c1cncs1. The Bertz CT molecular complexity index is 1100. The van der Waals surface area contributed by atoms with E-state index in [1.807, 2.05) is 29.9 Å². The van der Waals surface area contributed by atoms with E-state index in [4.69, 9.17) is 0 Å². The Morgan fingerprint density at radius 1 is 1.08 bits per heavy atom. The average molecular weight is 345 g/mol. The first kappa shape index (κ1) is 14.5. The van der Waals surface area contributed by atoms with Crippen molar-refractivity contribution in [3.63, 3.8) is 0 Å².